The molecule has 0 amide bonds. The van der Waals surface area contributed by atoms with E-state index in [1.54, 1.807) is 16.7 Å². The lowest BCUT2D eigenvalue weighted by molar-refractivity contribution is -0.783. The second-order valence-electron chi connectivity index (χ2n) is 11.6. The van der Waals surface area contributed by atoms with Gasteiger partial charge in [-0.15, -0.1) is 0 Å². The summed E-state index contributed by atoms with van der Waals surface area (Å²) in [4.78, 5) is 0. The smallest absolute Gasteiger partial charge is 0.146 e. The molecule has 0 spiro atoms. The molecule has 4 atom stereocenters. The Hall–Kier alpha value is -2.09. The van der Waals surface area contributed by atoms with Gasteiger partial charge in [0, 0.05) is 33.5 Å². The second kappa shape index (κ2) is 6.07. The van der Waals surface area contributed by atoms with Gasteiger partial charge in [0.15, 0.2) is 0 Å². The molecule has 0 aromatic heterocycles. The molecule has 3 aromatic carbocycles. The van der Waals surface area contributed by atoms with Crippen molar-refractivity contribution in [3.05, 3.63) is 106 Å². The standard InChI is InChI=1S/C30H30ClN/c1-27-17-21-18-30(21,19-29(15-16-29)20-11-13-22(31)14-12-20)26-10-6-5-9-25(26)28(2,32-27)24-8-4-3-7-23(24)27/h3-14,21,32H,15-19H2,1-2H3/p+1. The van der Waals surface area contributed by atoms with Crippen LogP contribution in [0.15, 0.2) is 72.8 Å². The van der Waals surface area contributed by atoms with Crippen molar-refractivity contribution in [1.82, 2.24) is 0 Å². The van der Waals surface area contributed by atoms with E-state index in [4.69, 9.17) is 11.6 Å². The molecule has 4 aliphatic rings. The number of fused-ring (bicyclic) bond motifs is 9. The van der Waals surface area contributed by atoms with E-state index in [9.17, 15) is 0 Å². The van der Waals surface area contributed by atoms with E-state index in [2.05, 4.69) is 92.0 Å². The van der Waals surface area contributed by atoms with Gasteiger partial charge in [-0.3, -0.25) is 0 Å². The van der Waals surface area contributed by atoms with Gasteiger partial charge >= 0.3 is 0 Å². The first-order valence-corrected chi connectivity index (χ1v) is 12.6. The van der Waals surface area contributed by atoms with Crippen molar-refractivity contribution in [1.29, 1.82) is 0 Å². The zero-order chi connectivity index (χ0) is 21.8. The highest BCUT2D eigenvalue weighted by molar-refractivity contribution is 6.30. The van der Waals surface area contributed by atoms with Crippen molar-refractivity contribution < 1.29 is 5.32 Å². The lowest BCUT2D eigenvalue weighted by Gasteiger charge is -2.37. The molecule has 3 aromatic rings. The lowest BCUT2D eigenvalue weighted by atomic mass is 9.72. The van der Waals surface area contributed by atoms with Crippen molar-refractivity contribution in [2.75, 3.05) is 0 Å². The molecule has 2 heterocycles. The van der Waals surface area contributed by atoms with E-state index < -0.39 is 0 Å². The van der Waals surface area contributed by atoms with Crippen molar-refractivity contribution in [3.8, 4) is 0 Å². The number of rotatable bonds is 3. The third kappa shape index (κ3) is 2.45. The molecule has 2 aliphatic heterocycles. The van der Waals surface area contributed by atoms with Crippen molar-refractivity contribution in [2.24, 2.45) is 5.92 Å². The van der Waals surface area contributed by atoms with Gasteiger partial charge in [0.05, 0.1) is 0 Å². The highest BCUT2D eigenvalue weighted by atomic mass is 35.5. The Morgan fingerprint density at radius 2 is 1.38 bits per heavy atom. The first-order valence-electron chi connectivity index (χ1n) is 12.2. The first-order chi connectivity index (χ1) is 15.4. The summed E-state index contributed by atoms with van der Waals surface area (Å²) in [7, 11) is 0. The van der Waals surface area contributed by atoms with Crippen LogP contribution in [0.4, 0.5) is 0 Å². The Kier molecular flexibility index (Phi) is 3.68. The third-order valence-electron chi connectivity index (χ3n) is 9.60. The van der Waals surface area contributed by atoms with Crippen molar-refractivity contribution in [2.45, 2.75) is 67.9 Å². The fourth-order valence-corrected chi connectivity index (χ4v) is 8.04. The molecule has 2 saturated carbocycles. The largest absolute Gasteiger partial charge is 0.326 e. The molecule has 4 unspecified atom stereocenters. The molecular weight excluding hydrogens is 410 g/mol. The van der Waals surface area contributed by atoms with Gasteiger partial charge in [-0.1, -0.05) is 72.3 Å². The SMILES string of the molecule is CC12CC3CC3(CC3(c4ccc(Cl)cc4)CC3)c3ccccc3C(C)([NH2+]1)c1ccccc12. The lowest BCUT2D eigenvalue weighted by Crippen LogP contribution is -2.99. The maximum absolute atomic E-state index is 6.23. The number of hydrogen-bond acceptors (Lipinski definition) is 0. The predicted octanol–water partition coefficient (Wildman–Crippen LogP) is 6.18. The summed E-state index contributed by atoms with van der Waals surface area (Å²) in [5.74, 6) is 0.755. The number of hydrogen-bond donors (Lipinski definition) is 1. The fraction of sp³-hybridized carbons (Fsp3) is 0.400. The van der Waals surface area contributed by atoms with E-state index in [0.29, 0.717) is 10.8 Å². The van der Waals surface area contributed by atoms with E-state index in [-0.39, 0.29) is 11.1 Å². The summed E-state index contributed by atoms with van der Waals surface area (Å²) in [5.41, 5.74) is 8.53. The summed E-state index contributed by atoms with van der Waals surface area (Å²) in [6.07, 6.45) is 6.51. The first kappa shape index (κ1) is 19.4. The second-order valence-corrected chi connectivity index (χ2v) is 12.0. The van der Waals surface area contributed by atoms with E-state index in [0.717, 1.165) is 10.9 Å². The molecule has 2 N–H and O–H groups in total. The summed E-state index contributed by atoms with van der Waals surface area (Å²) < 4.78 is 0. The molecular formula is C30H31ClN+. The molecule has 32 heavy (non-hydrogen) atoms. The zero-order valence-electron chi connectivity index (χ0n) is 19.0. The molecule has 2 fully saturated rings. The predicted molar refractivity (Wildman–Crippen MR) is 130 cm³/mol. The van der Waals surface area contributed by atoms with Gasteiger partial charge < -0.3 is 5.32 Å². The van der Waals surface area contributed by atoms with Gasteiger partial charge in [0.25, 0.3) is 0 Å². The van der Waals surface area contributed by atoms with Gasteiger partial charge in [0.1, 0.15) is 11.1 Å². The highest BCUT2D eigenvalue weighted by Gasteiger charge is 2.67. The van der Waals surface area contributed by atoms with E-state index in [1.807, 2.05) is 0 Å². The van der Waals surface area contributed by atoms with Crippen LogP contribution in [-0.2, 0) is 21.9 Å². The normalized spacial score (nSPS) is 35.2. The molecule has 2 aliphatic carbocycles. The number of benzene rings is 3. The molecule has 1 nitrogen and oxygen atoms in total. The third-order valence-corrected chi connectivity index (χ3v) is 9.85. The molecule has 162 valence electrons. The van der Waals surface area contributed by atoms with E-state index >= 15 is 0 Å². The Bertz CT molecular complexity index is 1240. The van der Waals surface area contributed by atoms with Crippen LogP contribution in [0.1, 0.15) is 73.8 Å². The zero-order valence-corrected chi connectivity index (χ0v) is 19.8. The van der Waals surface area contributed by atoms with Gasteiger partial charge in [0.2, 0.25) is 0 Å². The molecule has 2 heteroatoms. The average Bonchev–Trinajstić information content (AvgIpc) is 3.70. The van der Waals surface area contributed by atoms with Crippen LogP contribution in [-0.4, -0.2) is 0 Å². The Labute approximate surface area is 196 Å². The molecule has 0 saturated heterocycles. The van der Waals surface area contributed by atoms with Crippen LogP contribution in [0.5, 0.6) is 0 Å². The van der Waals surface area contributed by atoms with Gasteiger partial charge in [-0.2, -0.15) is 0 Å². The summed E-state index contributed by atoms with van der Waals surface area (Å²) >= 11 is 6.23. The maximum atomic E-state index is 6.23. The van der Waals surface area contributed by atoms with Crippen molar-refractivity contribution >= 4 is 11.6 Å². The minimum atomic E-state index is -0.0144. The van der Waals surface area contributed by atoms with Gasteiger partial charge in [-0.05, 0) is 74.1 Å². The molecule has 7 rings (SSSR count). The molecule has 0 radical (unpaired) electrons. The van der Waals surface area contributed by atoms with Crippen LogP contribution in [0.2, 0.25) is 5.02 Å². The summed E-state index contributed by atoms with van der Waals surface area (Å²) in [6, 6.07) is 27.4. The Morgan fingerprint density at radius 1 is 0.781 bits per heavy atom. The number of halogens is 1. The van der Waals surface area contributed by atoms with E-state index in [1.165, 1.54) is 43.2 Å². The van der Waals surface area contributed by atoms with Crippen LogP contribution >= 0.6 is 11.6 Å². The summed E-state index contributed by atoms with van der Waals surface area (Å²) in [5, 5.41) is 3.53. The Morgan fingerprint density at radius 3 is 2.03 bits per heavy atom. The van der Waals surface area contributed by atoms with Gasteiger partial charge in [-0.25, -0.2) is 0 Å². The number of quaternary nitrogens is 1. The topological polar surface area (TPSA) is 16.6 Å². The van der Waals surface area contributed by atoms with Crippen LogP contribution in [0.25, 0.3) is 0 Å². The highest BCUT2D eigenvalue weighted by Crippen LogP contribution is 2.69. The van der Waals surface area contributed by atoms with Crippen LogP contribution in [0.3, 0.4) is 0 Å². The van der Waals surface area contributed by atoms with Crippen LogP contribution < -0.4 is 5.32 Å². The Balaban J connectivity index is 1.39. The van der Waals surface area contributed by atoms with Crippen LogP contribution in [0, 0.1) is 5.92 Å². The molecule has 2 bridgehead atoms. The summed E-state index contributed by atoms with van der Waals surface area (Å²) in [6.45, 7) is 4.97. The number of nitrogens with two attached hydrogens (primary N) is 1. The maximum Gasteiger partial charge on any atom is 0.146 e. The minimum Gasteiger partial charge on any atom is -0.326 e. The average molecular weight is 441 g/mol. The monoisotopic (exact) mass is 440 g/mol. The van der Waals surface area contributed by atoms with Crippen molar-refractivity contribution in [3.63, 3.8) is 0 Å². The quantitative estimate of drug-likeness (QED) is 0.500. The minimum absolute atomic E-state index is 0.0144. The fourth-order valence-electron chi connectivity index (χ4n) is 7.92.